The van der Waals surface area contributed by atoms with Gasteiger partial charge in [-0.15, -0.1) is 11.3 Å². The van der Waals surface area contributed by atoms with Gasteiger partial charge in [0.25, 0.3) is 0 Å². The molecule has 0 spiro atoms. The lowest BCUT2D eigenvalue weighted by Gasteiger charge is -2.22. The molecule has 3 unspecified atom stereocenters. The van der Waals surface area contributed by atoms with Gasteiger partial charge in [0.05, 0.1) is 12.0 Å². The monoisotopic (exact) mass is 280 g/mol. The maximum Gasteiger partial charge on any atom is 0.225 e. The van der Waals surface area contributed by atoms with Crippen LogP contribution in [0.1, 0.15) is 54.8 Å². The normalized spacial score (nSPS) is 25.6. The second kappa shape index (κ2) is 6.53. The molecule has 1 saturated carbocycles. The smallest absolute Gasteiger partial charge is 0.225 e. The Bertz CT molecular complexity index is 430. The molecule has 0 bridgehead atoms. The first-order valence-corrected chi connectivity index (χ1v) is 8.02. The zero-order chi connectivity index (χ0) is 13.8. The fraction of sp³-hybridized carbons (Fsp3) is 0.667. The van der Waals surface area contributed by atoms with Crippen LogP contribution < -0.4 is 11.1 Å². The Morgan fingerprint density at radius 3 is 2.79 bits per heavy atom. The number of amides is 1. The summed E-state index contributed by atoms with van der Waals surface area (Å²) in [5, 5.41) is 3.13. The Morgan fingerprint density at radius 2 is 2.11 bits per heavy atom. The van der Waals surface area contributed by atoms with Crippen LogP contribution in [0.4, 0.5) is 0 Å². The van der Waals surface area contributed by atoms with Crippen molar-refractivity contribution in [3.63, 3.8) is 0 Å². The van der Waals surface area contributed by atoms with Gasteiger partial charge in [-0.05, 0) is 38.8 Å². The van der Waals surface area contributed by atoms with Crippen LogP contribution >= 0.6 is 11.3 Å². The van der Waals surface area contributed by atoms with E-state index in [2.05, 4.69) is 24.4 Å². The summed E-state index contributed by atoms with van der Waals surface area (Å²) in [6, 6.07) is 4.30. The third kappa shape index (κ3) is 3.80. The summed E-state index contributed by atoms with van der Waals surface area (Å²) in [6.07, 6.45) is 5.40. The van der Waals surface area contributed by atoms with Crippen LogP contribution in [0.5, 0.6) is 0 Å². The van der Waals surface area contributed by atoms with E-state index in [9.17, 15) is 4.79 Å². The molecule has 3 atom stereocenters. The third-order valence-corrected chi connectivity index (χ3v) is 5.14. The molecule has 0 aromatic carbocycles. The molecule has 1 aromatic rings. The van der Waals surface area contributed by atoms with Crippen LogP contribution in [-0.4, -0.2) is 11.9 Å². The molecule has 1 aliphatic carbocycles. The van der Waals surface area contributed by atoms with E-state index < -0.39 is 0 Å². The Labute approximate surface area is 119 Å². The van der Waals surface area contributed by atoms with E-state index >= 15 is 0 Å². The molecule has 1 aromatic heterocycles. The highest BCUT2D eigenvalue weighted by molar-refractivity contribution is 7.12. The maximum atomic E-state index is 12.4. The minimum atomic E-state index is -0.00832. The molecule has 0 radical (unpaired) electrons. The molecular formula is C15H24N2OS. The minimum absolute atomic E-state index is 0.00832. The van der Waals surface area contributed by atoms with Gasteiger partial charge in [0.15, 0.2) is 0 Å². The molecule has 1 fully saturated rings. The Kier molecular flexibility index (Phi) is 4.99. The molecule has 0 saturated heterocycles. The van der Waals surface area contributed by atoms with Crippen LogP contribution in [0.25, 0.3) is 0 Å². The first kappa shape index (κ1) is 14.5. The molecular weight excluding hydrogens is 256 g/mol. The van der Waals surface area contributed by atoms with Crippen LogP contribution in [0.3, 0.4) is 0 Å². The average Bonchev–Trinajstić information content (AvgIpc) is 2.68. The number of aryl methyl sites for hydroxylation is 1. The molecule has 4 heteroatoms. The topological polar surface area (TPSA) is 55.1 Å². The lowest BCUT2D eigenvalue weighted by Crippen LogP contribution is -2.42. The van der Waals surface area contributed by atoms with Crippen LogP contribution in [0, 0.1) is 12.8 Å². The molecule has 1 aliphatic rings. The fourth-order valence-corrected chi connectivity index (χ4v) is 3.62. The Morgan fingerprint density at radius 1 is 1.37 bits per heavy atom. The quantitative estimate of drug-likeness (QED) is 0.836. The number of nitrogens with one attached hydrogen (secondary N) is 1. The van der Waals surface area contributed by atoms with E-state index in [4.69, 9.17) is 5.73 Å². The van der Waals surface area contributed by atoms with Crippen LogP contribution in [-0.2, 0) is 4.79 Å². The number of hydrogen-bond acceptors (Lipinski definition) is 3. The van der Waals surface area contributed by atoms with Crippen molar-refractivity contribution in [2.45, 2.75) is 58.0 Å². The zero-order valence-corrected chi connectivity index (χ0v) is 12.6. The lowest BCUT2D eigenvalue weighted by atomic mass is 9.94. The van der Waals surface area contributed by atoms with Crippen molar-refractivity contribution < 1.29 is 4.79 Å². The van der Waals surface area contributed by atoms with E-state index in [0.29, 0.717) is 0 Å². The lowest BCUT2D eigenvalue weighted by molar-refractivity contribution is -0.126. The highest BCUT2D eigenvalue weighted by Gasteiger charge is 2.28. The number of nitrogens with two attached hydrogens (primary N) is 1. The van der Waals surface area contributed by atoms with Crippen molar-refractivity contribution in [2.75, 3.05) is 0 Å². The van der Waals surface area contributed by atoms with Crippen molar-refractivity contribution in [1.82, 2.24) is 5.32 Å². The maximum absolute atomic E-state index is 12.4. The van der Waals surface area contributed by atoms with Crippen molar-refractivity contribution in [1.29, 1.82) is 0 Å². The third-order valence-electron chi connectivity index (χ3n) is 3.95. The standard InChI is InChI=1S/C15H24N2OS/c1-10-8-9-14(19-10)11(2)17-15(18)12-6-4-3-5-7-13(12)16/h8-9,11-13H,3-7,16H2,1-2H3,(H,17,18). The summed E-state index contributed by atoms with van der Waals surface area (Å²) >= 11 is 1.74. The van der Waals surface area contributed by atoms with Gasteiger partial charge in [-0.25, -0.2) is 0 Å². The van der Waals surface area contributed by atoms with E-state index in [1.54, 1.807) is 11.3 Å². The number of hydrogen-bond donors (Lipinski definition) is 2. The molecule has 1 heterocycles. The minimum Gasteiger partial charge on any atom is -0.348 e. The van der Waals surface area contributed by atoms with Gasteiger partial charge in [-0.3, -0.25) is 4.79 Å². The predicted octanol–water partition coefficient (Wildman–Crippen LogP) is 3.14. The predicted molar refractivity (Wildman–Crippen MR) is 80.2 cm³/mol. The second-order valence-electron chi connectivity index (χ2n) is 5.59. The zero-order valence-electron chi connectivity index (χ0n) is 11.8. The molecule has 0 aliphatic heterocycles. The highest BCUT2D eigenvalue weighted by atomic mass is 32.1. The van der Waals surface area contributed by atoms with Gasteiger partial charge in [0, 0.05) is 15.8 Å². The molecule has 3 N–H and O–H groups in total. The van der Waals surface area contributed by atoms with E-state index in [0.717, 1.165) is 25.7 Å². The van der Waals surface area contributed by atoms with Crippen LogP contribution in [0.15, 0.2) is 12.1 Å². The number of thiophene rings is 1. The van der Waals surface area contributed by atoms with E-state index in [1.807, 2.05) is 6.92 Å². The molecule has 106 valence electrons. The van der Waals surface area contributed by atoms with Crippen molar-refractivity contribution in [2.24, 2.45) is 11.7 Å². The summed E-state index contributed by atoms with van der Waals surface area (Å²) in [4.78, 5) is 14.9. The SMILES string of the molecule is Cc1ccc(C(C)NC(=O)C2CCCCCC2N)s1. The summed E-state index contributed by atoms with van der Waals surface area (Å²) in [6.45, 7) is 4.13. The number of rotatable bonds is 3. The van der Waals surface area contributed by atoms with Gasteiger partial charge in [-0.1, -0.05) is 19.3 Å². The molecule has 3 nitrogen and oxygen atoms in total. The van der Waals surface area contributed by atoms with Gasteiger partial charge in [-0.2, -0.15) is 0 Å². The summed E-state index contributed by atoms with van der Waals surface area (Å²) in [5.74, 6) is 0.124. The molecule has 19 heavy (non-hydrogen) atoms. The van der Waals surface area contributed by atoms with Crippen molar-refractivity contribution in [3.8, 4) is 0 Å². The largest absolute Gasteiger partial charge is 0.348 e. The van der Waals surface area contributed by atoms with Gasteiger partial charge in [0.1, 0.15) is 0 Å². The van der Waals surface area contributed by atoms with E-state index in [-0.39, 0.29) is 23.9 Å². The average molecular weight is 280 g/mol. The molecule has 1 amide bonds. The molecule has 2 rings (SSSR count). The number of carbonyl (C=O) groups excluding carboxylic acids is 1. The van der Waals surface area contributed by atoms with Gasteiger partial charge >= 0.3 is 0 Å². The van der Waals surface area contributed by atoms with Crippen molar-refractivity contribution >= 4 is 17.2 Å². The van der Waals surface area contributed by atoms with Crippen molar-refractivity contribution in [3.05, 3.63) is 21.9 Å². The summed E-state index contributed by atoms with van der Waals surface area (Å²) in [7, 11) is 0. The highest BCUT2D eigenvalue weighted by Crippen LogP contribution is 2.25. The van der Waals surface area contributed by atoms with Crippen LogP contribution in [0.2, 0.25) is 0 Å². The fourth-order valence-electron chi connectivity index (χ4n) is 2.74. The summed E-state index contributed by atoms with van der Waals surface area (Å²) < 4.78 is 0. The summed E-state index contributed by atoms with van der Waals surface area (Å²) in [5.41, 5.74) is 6.14. The number of carbonyl (C=O) groups is 1. The first-order valence-electron chi connectivity index (χ1n) is 7.20. The van der Waals surface area contributed by atoms with E-state index in [1.165, 1.54) is 16.2 Å². The Hall–Kier alpha value is -0.870. The van der Waals surface area contributed by atoms with Gasteiger partial charge in [0.2, 0.25) is 5.91 Å². The Balaban J connectivity index is 1.95. The second-order valence-corrected chi connectivity index (χ2v) is 6.91. The first-order chi connectivity index (χ1) is 9.08. The van der Waals surface area contributed by atoms with Gasteiger partial charge < -0.3 is 11.1 Å².